The van der Waals surface area contributed by atoms with Gasteiger partial charge in [-0.05, 0) is 32.6 Å². The van der Waals surface area contributed by atoms with E-state index in [1.54, 1.807) is 11.8 Å². The summed E-state index contributed by atoms with van der Waals surface area (Å²) in [6.07, 6.45) is 3.36. The van der Waals surface area contributed by atoms with Crippen molar-refractivity contribution in [1.29, 1.82) is 5.26 Å². The van der Waals surface area contributed by atoms with Crippen LogP contribution in [0.5, 0.6) is 0 Å². The van der Waals surface area contributed by atoms with Crippen LogP contribution >= 0.6 is 0 Å². The van der Waals surface area contributed by atoms with Crippen LogP contribution in [0.4, 0.5) is 0 Å². The molecule has 1 rings (SSSR count). The van der Waals surface area contributed by atoms with Crippen LogP contribution in [0.2, 0.25) is 0 Å². The molecule has 90 valence electrons. The summed E-state index contributed by atoms with van der Waals surface area (Å²) in [7, 11) is 0. The standard InChI is InChI=1S/C12H20N2O2/c1-3-12(2,9-13)11(16)14-7-5-4-6-10(14)8-15/h10,15H,3-8H2,1-2H3. The minimum Gasteiger partial charge on any atom is -0.394 e. The van der Waals surface area contributed by atoms with Crippen LogP contribution in [0.15, 0.2) is 0 Å². The number of hydrogen-bond donors (Lipinski definition) is 1. The van der Waals surface area contributed by atoms with E-state index < -0.39 is 5.41 Å². The van der Waals surface area contributed by atoms with E-state index in [1.165, 1.54) is 0 Å². The monoisotopic (exact) mass is 224 g/mol. The molecule has 1 aliphatic heterocycles. The van der Waals surface area contributed by atoms with Gasteiger partial charge in [0.1, 0.15) is 5.41 Å². The van der Waals surface area contributed by atoms with Gasteiger partial charge in [0.25, 0.3) is 0 Å². The van der Waals surface area contributed by atoms with Crippen LogP contribution in [0.1, 0.15) is 39.5 Å². The fourth-order valence-corrected chi connectivity index (χ4v) is 2.05. The highest BCUT2D eigenvalue weighted by Gasteiger charge is 2.38. The number of nitriles is 1. The minimum absolute atomic E-state index is 0.00301. The van der Waals surface area contributed by atoms with Crippen LogP contribution in [0.3, 0.4) is 0 Å². The maximum Gasteiger partial charge on any atom is 0.243 e. The molecule has 1 heterocycles. The third-order valence-electron chi connectivity index (χ3n) is 3.52. The topological polar surface area (TPSA) is 64.3 Å². The molecule has 0 saturated carbocycles. The highest BCUT2D eigenvalue weighted by Crippen LogP contribution is 2.27. The van der Waals surface area contributed by atoms with Crippen molar-refractivity contribution in [3.05, 3.63) is 0 Å². The smallest absolute Gasteiger partial charge is 0.243 e. The molecule has 0 radical (unpaired) electrons. The Morgan fingerprint density at radius 3 is 2.81 bits per heavy atom. The predicted octanol–water partition coefficient (Wildman–Crippen LogP) is 1.30. The largest absolute Gasteiger partial charge is 0.394 e. The lowest BCUT2D eigenvalue weighted by molar-refractivity contribution is -0.143. The summed E-state index contributed by atoms with van der Waals surface area (Å²) in [4.78, 5) is 13.9. The Bertz CT molecular complexity index is 298. The van der Waals surface area contributed by atoms with Crippen molar-refractivity contribution in [1.82, 2.24) is 4.90 Å². The molecule has 2 atom stereocenters. The van der Waals surface area contributed by atoms with E-state index in [1.807, 2.05) is 6.92 Å². The maximum atomic E-state index is 12.2. The number of carbonyl (C=O) groups excluding carboxylic acids is 1. The van der Waals surface area contributed by atoms with Gasteiger partial charge in [0, 0.05) is 6.54 Å². The molecular weight excluding hydrogens is 204 g/mol. The van der Waals surface area contributed by atoms with Gasteiger partial charge in [-0.15, -0.1) is 0 Å². The number of aliphatic hydroxyl groups excluding tert-OH is 1. The zero-order valence-electron chi connectivity index (χ0n) is 10.1. The number of aliphatic hydroxyl groups is 1. The fourth-order valence-electron chi connectivity index (χ4n) is 2.05. The van der Waals surface area contributed by atoms with Gasteiger partial charge in [-0.2, -0.15) is 5.26 Å². The first-order valence-electron chi connectivity index (χ1n) is 5.92. The molecule has 1 aliphatic rings. The molecule has 1 fully saturated rings. The minimum atomic E-state index is -0.940. The Kier molecular flexibility index (Phi) is 4.31. The number of piperidine rings is 1. The molecule has 1 amide bonds. The number of likely N-dealkylation sites (tertiary alicyclic amines) is 1. The van der Waals surface area contributed by atoms with Gasteiger partial charge in [-0.25, -0.2) is 0 Å². The average Bonchev–Trinajstić information content (AvgIpc) is 2.36. The lowest BCUT2D eigenvalue weighted by Gasteiger charge is -2.38. The second-order valence-electron chi connectivity index (χ2n) is 4.63. The summed E-state index contributed by atoms with van der Waals surface area (Å²) in [5.41, 5.74) is -0.940. The normalized spacial score (nSPS) is 24.6. The van der Waals surface area contributed by atoms with Crippen LogP contribution in [0.25, 0.3) is 0 Å². The third kappa shape index (κ3) is 2.35. The van der Waals surface area contributed by atoms with Gasteiger partial charge in [0.2, 0.25) is 5.91 Å². The summed E-state index contributed by atoms with van der Waals surface area (Å²) in [6, 6.07) is 2.00. The molecule has 4 heteroatoms. The first-order chi connectivity index (χ1) is 7.59. The molecule has 0 spiro atoms. The number of nitrogens with zero attached hydrogens (tertiary/aromatic N) is 2. The van der Waals surface area contributed by atoms with E-state index in [4.69, 9.17) is 5.26 Å². The van der Waals surface area contributed by atoms with E-state index in [0.29, 0.717) is 13.0 Å². The van der Waals surface area contributed by atoms with E-state index in [-0.39, 0.29) is 18.6 Å². The molecule has 4 nitrogen and oxygen atoms in total. The number of hydrogen-bond acceptors (Lipinski definition) is 3. The highest BCUT2D eigenvalue weighted by atomic mass is 16.3. The zero-order chi connectivity index (χ0) is 12.2. The molecule has 0 aromatic carbocycles. The molecular formula is C12H20N2O2. The average molecular weight is 224 g/mol. The predicted molar refractivity (Wildman–Crippen MR) is 60.4 cm³/mol. The van der Waals surface area contributed by atoms with Crippen molar-refractivity contribution in [3.63, 3.8) is 0 Å². The Morgan fingerprint density at radius 2 is 2.31 bits per heavy atom. The van der Waals surface area contributed by atoms with Crippen molar-refractivity contribution in [2.75, 3.05) is 13.2 Å². The maximum absolute atomic E-state index is 12.2. The number of carbonyl (C=O) groups is 1. The Balaban J connectivity index is 2.82. The van der Waals surface area contributed by atoms with Gasteiger partial charge < -0.3 is 10.0 Å². The fraction of sp³-hybridized carbons (Fsp3) is 0.833. The molecule has 1 saturated heterocycles. The van der Waals surface area contributed by atoms with E-state index in [2.05, 4.69) is 6.07 Å². The Morgan fingerprint density at radius 1 is 1.62 bits per heavy atom. The quantitative estimate of drug-likeness (QED) is 0.785. The molecule has 0 aromatic heterocycles. The van der Waals surface area contributed by atoms with Gasteiger partial charge in [-0.3, -0.25) is 4.79 Å². The second-order valence-corrected chi connectivity index (χ2v) is 4.63. The summed E-state index contributed by atoms with van der Waals surface area (Å²) in [5, 5.41) is 18.3. The molecule has 0 aromatic rings. The van der Waals surface area contributed by atoms with E-state index in [0.717, 1.165) is 19.3 Å². The SMILES string of the molecule is CCC(C)(C#N)C(=O)N1CCCCC1CO. The van der Waals surface area contributed by atoms with Crippen molar-refractivity contribution in [2.45, 2.75) is 45.6 Å². The third-order valence-corrected chi connectivity index (χ3v) is 3.52. The number of rotatable bonds is 3. The van der Waals surface area contributed by atoms with E-state index >= 15 is 0 Å². The number of amides is 1. The van der Waals surface area contributed by atoms with Crippen LogP contribution in [-0.2, 0) is 4.79 Å². The van der Waals surface area contributed by atoms with Gasteiger partial charge in [0.05, 0.1) is 18.7 Å². The summed E-state index contributed by atoms with van der Waals surface area (Å²) in [5.74, 6) is -0.128. The van der Waals surface area contributed by atoms with Crippen molar-refractivity contribution in [2.24, 2.45) is 5.41 Å². The summed E-state index contributed by atoms with van der Waals surface area (Å²) < 4.78 is 0. The molecule has 1 N–H and O–H groups in total. The van der Waals surface area contributed by atoms with Gasteiger partial charge >= 0.3 is 0 Å². The van der Waals surface area contributed by atoms with Gasteiger partial charge in [-0.1, -0.05) is 6.92 Å². The van der Waals surface area contributed by atoms with Gasteiger partial charge in [0.15, 0.2) is 0 Å². The lowest BCUT2D eigenvalue weighted by Crippen LogP contribution is -2.50. The van der Waals surface area contributed by atoms with Crippen LogP contribution in [-0.4, -0.2) is 35.1 Å². The Hall–Kier alpha value is -1.08. The van der Waals surface area contributed by atoms with E-state index in [9.17, 15) is 9.90 Å². The highest BCUT2D eigenvalue weighted by molar-refractivity contribution is 5.85. The molecule has 0 aliphatic carbocycles. The second kappa shape index (κ2) is 5.31. The van der Waals surface area contributed by atoms with Crippen LogP contribution in [0, 0.1) is 16.7 Å². The molecule has 16 heavy (non-hydrogen) atoms. The first-order valence-corrected chi connectivity index (χ1v) is 5.92. The first kappa shape index (κ1) is 13.0. The zero-order valence-corrected chi connectivity index (χ0v) is 10.1. The molecule has 2 unspecified atom stereocenters. The Labute approximate surface area is 96.9 Å². The van der Waals surface area contributed by atoms with Crippen molar-refractivity contribution in [3.8, 4) is 6.07 Å². The van der Waals surface area contributed by atoms with Crippen molar-refractivity contribution < 1.29 is 9.90 Å². The summed E-state index contributed by atoms with van der Waals surface area (Å²) in [6.45, 7) is 4.19. The van der Waals surface area contributed by atoms with Crippen LogP contribution < -0.4 is 0 Å². The molecule has 0 bridgehead atoms. The summed E-state index contributed by atoms with van der Waals surface area (Å²) >= 11 is 0. The lowest BCUT2D eigenvalue weighted by atomic mass is 9.86. The van der Waals surface area contributed by atoms with Crippen molar-refractivity contribution >= 4 is 5.91 Å².